The summed E-state index contributed by atoms with van der Waals surface area (Å²) in [5.41, 5.74) is 3.24. The maximum absolute atomic E-state index is 12.6. The fourth-order valence-electron chi connectivity index (χ4n) is 3.34. The first-order chi connectivity index (χ1) is 13.4. The zero-order valence-corrected chi connectivity index (χ0v) is 17.0. The van der Waals surface area contributed by atoms with E-state index in [-0.39, 0.29) is 24.6 Å². The van der Waals surface area contributed by atoms with E-state index in [0.717, 1.165) is 11.3 Å². The van der Waals surface area contributed by atoms with Crippen molar-refractivity contribution in [3.63, 3.8) is 0 Å². The molecule has 0 unspecified atom stereocenters. The molecular weight excluding hydrogens is 374 g/mol. The maximum Gasteiger partial charge on any atom is 0.224 e. The van der Waals surface area contributed by atoms with Crippen molar-refractivity contribution in [3.8, 4) is 0 Å². The number of aryl methyl sites for hydroxylation is 1. The molecule has 1 heterocycles. The van der Waals surface area contributed by atoms with Crippen LogP contribution < -0.4 is 10.2 Å². The maximum atomic E-state index is 12.6. The molecule has 6 nitrogen and oxygen atoms in total. The summed E-state index contributed by atoms with van der Waals surface area (Å²) in [4.78, 5) is 14.2. The molecule has 0 aliphatic carbocycles. The number of anilines is 1. The Morgan fingerprint density at radius 2 is 1.71 bits per heavy atom. The van der Waals surface area contributed by atoms with Crippen LogP contribution >= 0.6 is 0 Å². The van der Waals surface area contributed by atoms with Crippen molar-refractivity contribution in [2.75, 3.05) is 43.4 Å². The van der Waals surface area contributed by atoms with Crippen LogP contribution in [0.5, 0.6) is 0 Å². The molecule has 0 spiro atoms. The molecule has 0 aromatic heterocycles. The summed E-state index contributed by atoms with van der Waals surface area (Å²) < 4.78 is 26.7. The lowest BCUT2D eigenvalue weighted by Crippen LogP contribution is -2.50. The first kappa shape index (κ1) is 20.4. The Morgan fingerprint density at radius 1 is 1.00 bits per heavy atom. The smallest absolute Gasteiger partial charge is 0.224 e. The molecule has 1 aliphatic rings. The Bertz CT molecular complexity index is 892. The first-order valence-electron chi connectivity index (χ1n) is 9.54. The van der Waals surface area contributed by atoms with Crippen molar-refractivity contribution in [2.24, 2.45) is 0 Å². The van der Waals surface area contributed by atoms with Gasteiger partial charge in [-0.2, -0.15) is 4.31 Å². The number of carbonyl (C=O) groups is 1. The summed E-state index contributed by atoms with van der Waals surface area (Å²) in [6.07, 6.45) is 0.260. The number of nitrogens with one attached hydrogen (secondary N) is 1. The molecule has 0 saturated carbocycles. The summed E-state index contributed by atoms with van der Waals surface area (Å²) in [5, 5.41) is 2.71. The van der Waals surface area contributed by atoms with Gasteiger partial charge in [-0.1, -0.05) is 42.5 Å². The molecular formula is C21H27N3O3S. The molecule has 0 radical (unpaired) electrons. The van der Waals surface area contributed by atoms with E-state index < -0.39 is 10.0 Å². The number of hydrogen-bond acceptors (Lipinski definition) is 4. The Morgan fingerprint density at radius 3 is 2.39 bits per heavy atom. The van der Waals surface area contributed by atoms with E-state index in [0.29, 0.717) is 26.2 Å². The fourth-order valence-corrected chi connectivity index (χ4v) is 4.68. The second-order valence-corrected chi connectivity index (χ2v) is 9.14. The molecule has 28 heavy (non-hydrogen) atoms. The average Bonchev–Trinajstić information content (AvgIpc) is 2.69. The van der Waals surface area contributed by atoms with Crippen molar-refractivity contribution >= 4 is 21.6 Å². The molecule has 1 N–H and O–H groups in total. The van der Waals surface area contributed by atoms with Crippen molar-refractivity contribution in [3.05, 3.63) is 65.7 Å². The van der Waals surface area contributed by atoms with Gasteiger partial charge >= 0.3 is 0 Å². The number of piperazine rings is 1. The largest absolute Gasteiger partial charge is 0.369 e. The van der Waals surface area contributed by atoms with Gasteiger partial charge < -0.3 is 10.2 Å². The van der Waals surface area contributed by atoms with Crippen molar-refractivity contribution < 1.29 is 13.2 Å². The predicted molar refractivity (Wildman–Crippen MR) is 112 cm³/mol. The van der Waals surface area contributed by atoms with E-state index in [9.17, 15) is 13.2 Å². The van der Waals surface area contributed by atoms with E-state index in [1.54, 1.807) is 0 Å². The van der Waals surface area contributed by atoms with E-state index in [1.807, 2.05) is 36.4 Å². The Kier molecular flexibility index (Phi) is 6.70. The van der Waals surface area contributed by atoms with Gasteiger partial charge in [-0.25, -0.2) is 8.42 Å². The molecule has 1 aliphatic heterocycles. The molecule has 2 aromatic carbocycles. The van der Waals surface area contributed by atoms with Crippen LogP contribution in [-0.4, -0.2) is 57.1 Å². The monoisotopic (exact) mass is 401 g/mol. The summed E-state index contributed by atoms with van der Waals surface area (Å²) >= 11 is 0. The highest BCUT2D eigenvalue weighted by atomic mass is 32.2. The van der Waals surface area contributed by atoms with Gasteiger partial charge in [0.1, 0.15) is 0 Å². The summed E-state index contributed by atoms with van der Waals surface area (Å²) in [6, 6.07) is 17.7. The first-order valence-corrected chi connectivity index (χ1v) is 11.1. The van der Waals surface area contributed by atoms with E-state index >= 15 is 0 Å². The molecule has 1 fully saturated rings. The highest BCUT2D eigenvalue weighted by molar-refractivity contribution is 7.89. The number of rotatable bonds is 7. The fraction of sp³-hybridized carbons (Fsp3) is 0.381. The molecule has 7 heteroatoms. The lowest BCUT2D eigenvalue weighted by molar-refractivity contribution is -0.120. The number of sulfonamides is 1. The lowest BCUT2D eigenvalue weighted by atomic mass is 10.1. The summed E-state index contributed by atoms with van der Waals surface area (Å²) in [5.74, 6) is -0.233. The number of amides is 1. The Hall–Kier alpha value is -2.38. The lowest BCUT2D eigenvalue weighted by Gasteiger charge is -2.35. The third kappa shape index (κ3) is 5.56. The molecule has 1 saturated heterocycles. The van der Waals surface area contributed by atoms with Gasteiger partial charge in [0.2, 0.25) is 15.9 Å². The van der Waals surface area contributed by atoms with Crippen LogP contribution in [0.15, 0.2) is 54.6 Å². The van der Waals surface area contributed by atoms with Gasteiger partial charge in [-0.3, -0.25) is 4.79 Å². The zero-order chi connectivity index (χ0) is 20.0. The van der Waals surface area contributed by atoms with E-state index in [2.05, 4.69) is 35.3 Å². The molecule has 2 aromatic rings. The minimum absolute atomic E-state index is 0.0715. The van der Waals surface area contributed by atoms with Crippen molar-refractivity contribution in [2.45, 2.75) is 13.3 Å². The Labute approximate surface area is 167 Å². The second-order valence-electron chi connectivity index (χ2n) is 7.05. The molecule has 3 rings (SSSR count). The van der Waals surface area contributed by atoms with Gasteiger partial charge in [-0.15, -0.1) is 0 Å². The van der Waals surface area contributed by atoms with Crippen LogP contribution in [0.1, 0.15) is 11.1 Å². The second kappa shape index (κ2) is 9.21. The highest BCUT2D eigenvalue weighted by Gasteiger charge is 2.26. The standard InChI is InChI=1S/C21H27N3O3S/c1-18-6-5-9-20(16-18)23-11-13-24(14-12-23)28(26,27)15-10-22-21(25)17-19-7-3-2-4-8-19/h2-9,16H,10-15,17H2,1H3,(H,22,25). The van der Waals surface area contributed by atoms with Gasteiger partial charge in [0.25, 0.3) is 0 Å². The molecule has 1 amide bonds. The predicted octanol–water partition coefficient (Wildman–Crippen LogP) is 1.81. The quantitative estimate of drug-likeness (QED) is 0.768. The van der Waals surface area contributed by atoms with Crippen molar-refractivity contribution in [1.82, 2.24) is 9.62 Å². The third-order valence-electron chi connectivity index (χ3n) is 4.89. The zero-order valence-electron chi connectivity index (χ0n) is 16.2. The van der Waals surface area contributed by atoms with Gasteiger partial charge in [-0.05, 0) is 30.2 Å². The number of benzene rings is 2. The minimum atomic E-state index is -3.37. The molecule has 0 atom stereocenters. The third-order valence-corrected chi connectivity index (χ3v) is 6.76. The van der Waals surface area contributed by atoms with E-state index in [1.165, 1.54) is 9.87 Å². The average molecular weight is 402 g/mol. The van der Waals surface area contributed by atoms with Crippen molar-refractivity contribution in [1.29, 1.82) is 0 Å². The molecule has 0 bridgehead atoms. The van der Waals surface area contributed by atoms with Gasteiger partial charge in [0.15, 0.2) is 0 Å². The summed E-state index contributed by atoms with van der Waals surface area (Å²) in [7, 11) is -3.37. The topological polar surface area (TPSA) is 69.7 Å². The summed E-state index contributed by atoms with van der Waals surface area (Å²) in [6.45, 7) is 4.46. The van der Waals surface area contributed by atoms with Crippen LogP contribution in [0.2, 0.25) is 0 Å². The van der Waals surface area contributed by atoms with Crippen LogP contribution in [0, 0.1) is 6.92 Å². The SMILES string of the molecule is Cc1cccc(N2CCN(S(=O)(=O)CCNC(=O)Cc3ccccc3)CC2)c1. The van der Waals surface area contributed by atoms with Gasteiger partial charge in [0, 0.05) is 38.4 Å². The number of hydrogen-bond donors (Lipinski definition) is 1. The van der Waals surface area contributed by atoms with Gasteiger partial charge in [0.05, 0.1) is 12.2 Å². The minimum Gasteiger partial charge on any atom is -0.369 e. The highest BCUT2D eigenvalue weighted by Crippen LogP contribution is 2.19. The normalized spacial score (nSPS) is 15.4. The van der Waals surface area contributed by atoms with E-state index in [4.69, 9.17) is 0 Å². The van der Waals surface area contributed by atoms with Crippen LogP contribution in [-0.2, 0) is 21.2 Å². The van der Waals surface area contributed by atoms with Crippen LogP contribution in [0.25, 0.3) is 0 Å². The van der Waals surface area contributed by atoms with Crippen LogP contribution in [0.4, 0.5) is 5.69 Å². The molecule has 150 valence electrons. The number of carbonyl (C=O) groups excluding carboxylic acids is 1. The number of nitrogens with zero attached hydrogens (tertiary/aromatic N) is 2. The Balaban J connectivity index is 1.44. The van der Waals surface area contributed by atoms with Crippen LogP contribution in [0.3, 0.4) is 0 Å².